The SMILES string of the molecule is O=C(O)/C=C/C(=O)NNC(=O)c1ccc(Cl)cc1. The highest BCUT2D eigenvalue weighted by atomic mass is 35.5. The molecule has 6 nitrogen and oxygen atoms in total. The zero-order chi connectivity index (χ0) is 13.5. The number of halogens is 1. The van der Waals surface area contributed by atoms with Gasteiger partial charge in [-0.15, -0.1) is 0 Å². The Morgan fingerprint density at radius 2 is 1.67 bits per heavy atom. The van der Waals surface area contributed by atoms with Crippen LogP contribution < -0.4 is 10.9 Å². The maximum Gasteiger partial charge on any atom is 0.328 e. The largest absolute Gasteiger partial charge is 0.478 e. The maximum atomic E-state index is 11.5. The van der Waals surface area contributed by atoms with Gasteiger partial charge >= 0.3 is 5.97 Å². The lowest BCUT2D eigenvalue weighted by Crippen LogP contribution is -2.40. The van der Waals surface area contributed by atoms with E-state index in [-0.39, 0.29) is 0 Å². The van der Waals surface area contributed by atoms with Crippen LogP contribution >= 0.6 is 11.6 Å². The number of hydrogen-bond donors (Lipinski definition) is 3. The number of rotatable bonds is 3. The van der Waals surface area contributed by atoms with E-state index in [1.54, 1.807) is 0 Å². The van der Waals surface area contributed by atoms with Gasteiger partial charge in [0, 0.05) is 22.7 Å². The molecule has 0 atom stereocenters. The highest BCUT2D eigenvalue weighted by Gasteiger charge is 2.05. The monoisotopic (exact) mass is 268 g/mol. The molecule has 1 aromatic rings. The summed E-state index contributed by atoms with van der Waals surface area (Å²) in [7, 11) is 0. The smallest absolute Gasteiger partial charge is 0.328 e. The molecular weight excluding hydrogens is 260 g/mol. The number of benzene rings is 1. The molecule has 0 saturated heterocycles. The molecule has 0 bridgehead atoms. The van der Waals surface area contributed by atoms with Crippen molar-refractivity contribution >= 4 is 29.4 Å². The second-order valence-corrected chi connectivity index (χ2v) is 3.56. The fourth-order valence-electron chi connectivity index (χ4n) is 0.980. The minimum atomic E-state index is -1.26. The highest BCUT2D eigenvalue weighted by molar-refractivity contribution is 6.30. The Labute approximate surface area is 107 Å². The standard InChI is InChI=1S/C11H9ClN2O4/c12-8-3-1-7(2-4-8)11(18)14-13-9(15)5-6-10(16)17/h1-6H,(H,13,15)(H,14,18)(H,16,17)/b6-5+. The third kappa shape index (κ3) is 4.67. The molecule has 0 aliphatic carbocycles. The quantitative estimate of drug-likeness (QED) is 0.557. The number of carboxylic acids is 1. The average molecular weight is 269 g/mol. The van der Waals surface area contributed by atoms with Gasteiger partial charge in [0.25, 0.3) is 11.8 Å². The molecule has 94 valence electrons. The summed E-state index contributed by atoms with van der Waals surface area (Å²) in [6, 6.07) is 6.03. The van der Waals surface area contributed by atoms with Crippen molar-refractivity contribution < 1.29 is 19.5 Å². The molecule has 18 heavy (non-hydrogen) atoms. The summed E-state index contributed by atoms with van der Waals surface area (Å²) in [5, 5.41) is 8.76. The van der Waals surface area contributed by atoms with Crippen molar-refractivity contribution in [3.05, 3.63) is 47.0 Å². The number of hydrogen-bond acceptors (Lipinski definition) is 3. The van der Waals surface area contributed by atoms with Crippen LogP contribution in [0, 0.1) is 0 Å². The first-order valence-corrected chi connectivity index (χ1v) is 5.13. The van der Waals surface area contributed by atoms with Crippen LogP contribution in [0.5, 0.6) is 0 Å². The predicted octanol–water partition coefficient (Wildman–Crippen LogP) is 0.742. The lowest BCUT2D eigenvalue weighted by molar-refractivity contribution is -0.131. The summed E-state index contributed by atoms with van der Waals surface area (Å²) in [5.74, 6) is -2.54. The third-order valence-corrected chi connectivity index (χ3v) is 2.03. The summed E-state index contributed by atoms with van der Waals surface area (Å²) in [5.41, 5.74) is 4.45. The average Bonchev–Trinajstić information content (AvgIpc) is 2.34. The molecule has 0 saturated carbocycles. The van der Waals surface area contributed by atoms with Crippen LogP contribution in [0.1, 0.15) is 10.4 Å². The molecule has 1 aromatic carbocycles. The summed E-state index contributed by atoms with van der Waals surface area (Å²) in [4.78, 5) is 32.7. The number of carbonyl (C=O) groups is 3. The van der Waals surface area contributed by atoms with E-state index in [1.165, 1.54) is 24.3 Å². The van der Waals surface area contributed by atoms with Crippen molar-refractivity contribution in [2.24, 2.45) is 0 Å². The number of carbonyl (C=O) groups excluding carboxylic acids is 2. The van der Waals surface area contributed by atoms with E-state index in [1.807, 2.05) is 5.43 Å². The van der Waals surface area contributed by atoms with Crippen LogP contribution in [-0.4, -0.2) is 22.9 Å². The molecule has 0 fully saturated rings. The van der Waals surface area contributed by atoms with Crippen molar-refractivity contribution in [1.82, 2.24) is 10.9 Å². The fourth-order valence-corrected chi connectivity index (χ4v) is 1.11. The van der Waals surface area contributed by atoms with Crippen molar-refractivity contribution in [3.8, 4) is 0 Å². The van der Waals surface area contributed by atoms with E-state index < -0.39 is 17.8 Å². The predicted molar refractivity (Wildman–Crippen MR) is 63.8 cm³/mol. The molecule has 0 aromatic heterocycles. The zero-order valence-corrected chi connectivity index (χ0v) is 9.77. The van der Waals surface area contributed by atoms with Crippen LogP contribution in [0.25, 0.3) is 0 Å². The van der Waals surface area contributed by atoms with Crippen molar-refractivity contribution in [3.63, 3.8) is 0 Å². The van der Waals surface area contributed by atoms with E-state index in [9.17, 15) is 14.4 Å². The number of aliphatic carboxylic acids is 1. The van der Waals surface area contributed by atoms with E-state index in [0.717, 1.165) is 6.08 Å². The molecule has 2 amide bonds. The molecule has 0 aliphatic rings. The Balaban J connectivity index is 2.49. The molecule has 3 N–H and O–H groups in total. The van der Waals surface area contributed by atoms with E-state index in [4.69, 9.17) is 16.7 Å². The van der Waals surface area contributed by atoms with Gasteiger partial charge in [0.15, 0.2) is 0 Å². The normalized spacial score (nSPS) is 10.1. The zero-order valence-electron chi connectivity index (χ0n) is 9.01. The summed E-state index contributed by atoms with van der Waals surface area (Å²) in [6.45, 7) is 0. The third-order valence-electron chi connectivity index (χ3n) is 1.78. The van der Waals surface area contributed by atoms with Gasteiger partial charge < -0.3 is 5.11 Å². The van der Waals surface area contributed by atoms with Crippen molar-refractivity contribution in [1.29, 1.82) is 0 Å². The minimum absolute atomic E-state index is 0.307. The van der Waals surface area contributed by atoms with E-state index >= 15 is 0 Å². The van der Waals surface area contributed by atoms with E-state index in [2.05, 4.69) is 5.43 Å². The Bertz CT molecular complexity index is 496. The van der Waals surface area contributed by atoms with Crippen LogP contribution in [-0.2, 0) is 9.59 Å². The maximum absolute atomic E-state index is 11.5. The Hall–Kier alpha value is -2.34. The van der Waals surface area contributed by atoms with Crippen LogP contribution in [0.2, 0.25) is 5.02 Å². The van der Waals surface area contributed by atoms with Gasteiger partial charge in [-0.05, 0) is 24.3 Å². The van der Waals surface area contributed by atoms with Gasteiger partial charge in [-0.2, -0.15) is 0 Å². The van der Waals surface area contributed by atoms with Gasteiger partial charge in [0.1, 0.15) is 0 Å². The van der Waals surface area contributed by atoms with Gasteiger partial charge in [-0.3, -0.25) is 20.4 Å². The van der Waals surface area contributed by atoms with Crippen LogP contribution in [0.4, 0.5) is 0 Å². The molecular formula is C11H9ClN2O4. The Morgan fingerprint density at radius 3 is 2.22 bits per heavy atom. The summed E-state index contributed by atoms with van der Waals surface area (Å²) < 4.78 is 0. The lowest BCUT2D eigenvalue weighted by Gasteiger charge is -2.04. The Morgan fingerprint density at radius 1 is 1.06 bits per heavy atom. The molecule has 0 radical (unpaired) electrons. The fraction of sp³-hybridized carbons (Fsp3) is 0. The first-order valence-electron chi connectivity index (χ1n) is 4.76. The van der Waals surface area contributed by atoms with Gasteiger partial charge in [-0.25, -0.2) is 4.79 Å². The van der Waals surface area contributed by atoms with Crippen LogP contribution in [0.3, 0.4) is 0 Å². The topological polar surface area (TPSA) is 95.5 Å². The van der Waals surface area contributed by atoms with Crippen molar-refractivity contribution in [2.75, 3.05) is 0 Å². The first-order chi connectivity index (χ1) is 8.49. The number of hydrazine groups is 1. The summed E-state index contributed by atoms with van der Waals surface area (Å²) in [6.07, 6.45) is 1.44. The minimum Gasteiger partial charge on any atom is -0.478 e. The highest BCUT2D eigenvalue weighted by Crippen LogP contribution is 2.08. The van der Waals surface area contributed by atoms with Crippen LogP contribution in [0.15, 0.2) is 36.4 Å². The molecule has 0 spiro atoms. The summed E-state index contributed by atoms with van der Waals surface area (Å²) >= 11 is 5.65. The number of amides is 2. The van der Waals surface area contributed by atoms with Gasteiger partial charge in [0.2, 0.25) is 0 Å². The molecule has 0 unspecified atom stereocenters. The van der Waals surface area contributed by atoms with Gasteiger partial charge in [0.05, 0.1) is 0 Å². The second kappa shape index (κ2) is 6.41. The van der Waals surface area contributed by atoms with Gasteiger partial charge in [-0.1, -0.05) is 11.6 Å². The number of nitrogens with one attached hydrogen (secondary N) is 2. The van der Waals surface area contributed by atoms with Crippen molar-refractivity contribution in [2.45, 2.75) is 0 Å². The molecule has 1 rings (SSSR count). The van der Waals surface area contributed by atoms with E-state index in [0.29, 0.717) is 16.7 Å². The molecule has 7 heteroatoms. The molecule has 0 aliphatic heterocycles. The first kappa shape index (κ1) is 13.7. The second-order valence-electron chi connectivity index (χ2n) is 3.12. The lowest BCUT2D eigenvalue weighted by atomic mass is 10.2. The molecule has 0 heterocycles. The number of carboxylic acid groups (broad SMARTS) is 1. The Kier molecular flexibility index (Phi) is 4.89.